The van der Waals surface area contributed by atoms with Crippen LogP contribution in [0.1, 0.15) is 40.0 Å². The summed E-state index contributed by atoms with van der Waals surface area (Å²) in [5, 5.41) is 0. The van der Waals surface area contributed by atoms with E-state index < -0.39 is 0 Å². The molecule has 1 aliphatic rings. The van der Waals surface area contributed by atoms with Crippen LogP contribution in [-0.4, -0.2) is 11.6 Å². The highest BCUT2D eigenvalue weighted by Gasteiger charge is 2.35. The molecule has 1 saturated carbocycles. The summed E-state index contributed by atoms with van der Waals surface area (Å²) < 4.78 is 0. The average Bonchev–Trinajstić information content (AvgIpc) is 2.09. The largest absolute Gasteiger partial charge is 0.294 e. The second kappa shape index (κ2) is 4.30. The van der Waals surface area contributed by atoms with E-state index in [2.05, 4.69) is 6.92 Å². The predicted molar refractivity (Wildman–Crippen MR) is 60.3 cm³/mol. The Morgan fingerprint density at radius 2 is 1.80 bits per heavy atom. The molecule has 0 aromatic heterocycles. The van der Waals surface area contributed by atoms with E-state index in [0.717, 1.165) is 0 Å². The van der Waals surface area contributed by atoms with Gasteiger partial charge < -0.3 is 0 Å². The quantitative estimate of drug-likeness (QED) is 0.515. The van der Waals surface area contributed by atoms with E-state index in [1.807, 2.05) is 20.8 Å². The van der Waals surface area contributed by atoms with Gasteiger partial charge in [-0.25, -0.2) is 0 Å². The summed E-state index contributed by atoms with van der Waals surface area (Å²) in [7, 11) is 0. The summed E-state index contributed by atoms with van der Waals surface area (Å²) in [6.45, 7) is 9.66. The van der Waals surface area contributed by atoms with Crippen molar-refractivity contribution in [2.45, 2.75) is 40.0 Å². The molecule has 2 nitrogen and oxygen atoms in total. The molecule has 0 N–H and O–H groups in total. The second-order valence-electron chi connectivity index (χ2n) is 5.21. The molecule has 0 unspecified atom stereocenters. The Morgan fingerprint density at radius 3 is 2.20 bits per heavy atom. The molecule has 1 atom stereocenters. The molecule has 0 aromatic carbocycles. The lowest BCUT2D eigenvalue weighted by Gasteiger charge is -2.28. The zero-order valence-corrected chi connectivity index (χ0v) is 9.80. The monoisotopic (exact) mass is 207 g/mol. The van der Waals surface area contributed by atoms with Crippen molar-refractivity contribution in [2.75, 3.05) is 0 Å². The number of carbonyl (C=O) groups is 2. The zero-order chi connectivity index (χ0) is 11.6. The van der Waals surface area contributed by atoms with Crippen LogP contribution in [0.5, 0.6) is 0 Å². The van der Waals surface area contributed by atoms with E-state index in [4.69, 9.17) is 0 Å². The molecule has 0 spiro atoms. The first-order chi connectivity index (χ1) is 6.85. The maximum Gasteiger partial charge on any atom is 0.166 e. The van der Waals surface area contributed by atoms with Gasteiger partial charge in [0.2, 0.25) is 0 Å². The maximum atomic E-state index is 11.8. The van der Waals surface area contributed by atoms with Crippen LogP contribution in [0.2, 0.25) is 0 Å². The molecule has 15 heavy (non-hydrogen) atoms. The molecule has 0 bridgehead atoms. The van der Waals surface area contributed by atoms with Crippen molar-refractivity contribution < 1.29 is 9.59 Å². The summed E-state index contributed by atoms with van der Waals surface area (Å²) in [6.07, 6.45) is 3.46. The fourth-order valence-corrected chi connectivity index (χ4v) is 1.83. The fraction of sp³-hybridized carbons (Fsp3) is 0.615. The second-order valence-corrected chi connectivity index (χ2v) is 5.21. The van der Waals surface area contributed by atoms with Gasteiger partial charge in [0.1, 0.15) is 0 Å². The van der Waals surface area contributed by atoms with Gasteiger partial charge in [0, 0.05) is 12.8 Å². The highest BCUT2D eigenvalue weighted by molar-refractivity contribution is 6.22. The van der Waals surface area contributed by atoms with Gasteiger partial charge in [-0.2, -0.15) is 0 Å². The topological polar surface area (TPSA) is 34.1 Å². The molecule has 0 saturated heterocycles. The predicted octanol–water partition coefficient (Wildman–Crippen LogP) is 2.73. The van der Waals surface area contributed by atoms with Crippen LogP contribution in [0.15, 0.2) is 11.6 Å². The third-order valence-electron chi connectivity index (χ3n) is 2.79. The highest BCUT2D eigenvalue weighted by atomic mass is 16.1. The summed E-state index contributed by atoms with van der Waals surface area (Å²) in [5.41, 5.74) is 0.240. The molecular formula is C13H19O2. The Hall–Kier alpha value is -0.920. The summed E-state index contributed by atoms with van der Waals surface area (Å²) in [5.74, 6) is 0.196. The minimum Gasteiger partial charge on any atom is -0.294 e. The SMILES string of the molecule is [CH2]C[C@H](C)C=C1C(=O)CC(C)(C)CC1=O. The Kier molecular flexibility index (Phi) is 3.48. The molecule has 1 fully saturated rings. The number of hydrogen-bond acceptors (Lipinski definition) is 2. The van der Waals surface area contributed by atoms with Gasteiger partial charge in [-0.15, -0.1) is 0 Å². The Balaban J connectivity index is 2.89. The zero-order valence-electron chi connectivity index (χ0n) is 9.80. The standard InChI is InChI=1S/C13H19O2/c1-5-9(2)6-10-11(14)7-13(3,4)8-12(10)15/h6,9H,1,5,7-8H2,2-4H3/t9-/m0/s1. The highest BCUT2D eigenvalue weighted by Crippen LogP contribution is 2.34. The molecule has 2 heteroatoms. The van der Waals surface area contributed by atoms with Crippen molar-refractivity contribution >= 4 is 11.6 Å². The average molecular weight is 207 g/mol. The van der Waals surface area contributed by atoms with Gasteiger partial charge in [0.15, 0.2) is 11.6 Å². The fourth-order valence-electron chi connectivity index (χ4n) is 1.83. The number of ketones is 2. The number of Topliss-reactive ketones (excluding diaryl/α,β-unsaturated/α-hetero) is 2. The lowest BCUT2D eigenvalue weighted by molar-refractivity contribution is -0.127. The third-order valence-corrected chi connectivity index (χ3v) is 2.79. The summed E-state index contributed by atoms with van der Waals surface area (Å²) in [6, 6.07) is 0. The first-order valence-corrected chi connectivity index (χ1v) is 5.43. The molecule has 0 heterocycles. The smallest absolute Gasteiger partial charge is 0.166 e. The van der Waals surface area contributed by atoms with E-state index in [1.165, 1.54) is 0 Å². The van der Waals surface area contributed by atoms with Gasteiger partial charge in [0.25, 0.3) is 0 Å². The maximum absolute atomic E-state index is 11.8. The van der Waals surface area contributed by atoms with Crippen molar-refractivity contribution in [3.63, 3.8) is 0 Å². The lowest BCUT2D eigenvalue weighted by atomic mass is 9.73. The molecule has 83 valence electrons. The van der Waals surface area contributed by atoms with Crippen molar-refractivity contribution in [3.05, 3.63) is 18.6 Å². The first-order valence-electron chi connectivity index (χ1n) is 5.43. The van der Waals surface area contributed by atoms with Crippen molar-refractivity contribution in [1.29, 1.82) is 0 Å². The van der Waals surface area contributed by atoms with Crippen molar-refractivity contribution in [2.24, 2.45) is 11.3 Å². The van der Waals surface area contributed by atoms with E-state index >= 15 is 0 Å². The van der Waals surface area contributed by atoms with Crippen LogP contribution in [0.25, 0.3) is 0 Å². The van der Waals surface area contributed by atoms with E-state index in [-0.39, 0.29) is 22.9 Å². The van der Waals surface area contributed by atoms with Crippen LogP contribution in [0.4, 0.5) is 0 Å². The molecule has 0 amide bonds. The summed E-state index contributed by atoms with van der Waals surface area (Å²) in [4.78, 5) is 23.5. The first kappa shape index (κ1) is 12.2. The minimum atomic E-state index is -0.167. The van der Waals surface area contributed by atoms with Crippen molar-refractivity contribution in [3.8, 4) is 0 Å². The normalized spacial score (nSPS) is 22.8. The minimum absolute atomic E-state index is 0.00319. The van der Waals surface area contributed by atoms with E-state index in [9.17, 15) is 9.59 Å². The van der Waals surface area contributed by atoms with Gasteiger partial charge >= 0.3 is 0 Å². The molecule has 0 aliphatic heterocycles. The number of carbonyl (C=O) groups excluding carboxylic acids is 2. The van der Waals surface area contributed by atoms with Gasteiger partial charge in [0.05, 0.1) is 5.57 Å². The Labute approximate surface area is 91.7 Å². The van der Waals surface area contributed by atoms with Crippen LogP contribution in [-0.2, 0) is 9.59 Å². The Bertz CT molecular complexity index is 288. The van der Waals surface area contributed by atoms with Gasteiger partial charge in [-0.1, -0.05) is 33.8 Å². The van der Waals surface area contributed by atoms with Crippen LogP contribution < -0.4 is 0 Å². The molecule has 0 aromatic rings. The number of rotatable bonds is 2. The van der Waals surface area contributed by atoms with Crippen LogP contribution in [0, 0.1) is 18.3 Å². The van der Waals surface area contributed by atoms with Crippen LogP contribution in [0.3, 0.4) is 0 Å². The van der Waals surface area contributed by atoms with Gasteiger partial charge in [-0.05, 0) is 17.8 Å². The third kappa shape index (κ3) is 3.01. The molecule has 1 rings (SSSR count). The van der Waals surface area contributed by atoms with Crippen LogP contribution >= 0.6 is 0 Å². The molecular weight excluding hydrogens is 188 g/mol. The van der Waals surface area contributed by atoms with E-state index in [0.29, 0.717) is 24.8 Å². The van der Waals surface area contributed by atoms with Gasteiger partial charge in [-0.3, -0.25) is 9.59 Å². The summed E-state index contributed by atoms with van der Waals surface area (Å²) >= 11 is 0. The lowest BCUT2D eigenvalue weighted by Crippen LogP contribution is -2.31. The van der Waals surface area contributed by atoms with Crippen molar-refractivity contribution in [1.82, 2.24) is 0 Å². The Morgan fingerprint density at radius 1 is 1.33 bits per heavy atom. The molecule has 1 aliphatic carbocycles. The number of allylic oxidation sites excluding steroid dienone is 2. The van der Waals surface area contributed by atoms with E-state index in [1.54, 1.807) is 6.08 Å². The number of hydrogen-bond donors (Lipinski definition) is 0. The molecule has 1 radical (unpaired) electrons.